The quantitative estimate of drug-likeness (QED) is 0.333. The van der Waals surface area contributed by atoms with Crippen LogP contribution in [0.4, 0.5) is 8.78 Å². The van der Waals surface area contributed by atoms with Crippen molar-refractivity contribution in [1.29, 1.82) is 0 Å². The van der Waals surface area contributed by atoms with Gasteiger partial charge < -0.3 is 0 Å². The summed E-state index contributed by atoms with van der Waals surface area (Å²) in [7, 11) is 3.77. The number of rotatable bonds is 4. The van der Waals surface area contributed by atoms with Crippen molar-refractivity contribution in [2.75, 3.05) is 25.2 Å². The molecule has 1 atom stereocenters. The van der Waals surface area contributed by atoms with Crippen molar-refractivity contribution in [2.45, 2.75) is 3.68 Å². The number of nitrogens with zero attached hydrogens (tertiary/aromatic N) is 1. The molecule has 0 N–H and O–H groups in total. The average molecular weight is 376 g/mol. The molecule has 64 valence electrons. The van der Waals surface area contributed by atoms with Crippen LogP contribution < -0.4 is 21.5 Å². The molecule has 10 heavy (non-hydrogen) atoms. The minimum absolute atomic E-state index is 0.320. The molecule has 0 amide bonds. The van der Waals surface area contributed by atoms with Gasteiger partial charge in [0.25, 0.3) is 0 Å². The van der Waals surface area contributed by atoms with Crippen molar-refractivity contribution in [3.63, 3.8) is 0 Å². The topological polar surface area (TPSA) is 3.24 Å². The maximum atomic E-state index is 12.8. The van der Waals surface area contributed by atoms with Gasteiger partial charge in [0.2, 0.25) is 0 Å². The van der Waals surface area contributed by atoms with Crippen molar-refractivity contribution in [1.82, 2.24) is 3.11 Å². The first kappa shape index (κ1) is 11.3. The first-order valence-electron chi connectivity index (χ1n) is 2.68. The summed E-state index contributed by atoms with van der Waals surface area (Å²) in [6.07, 6.45) is 0. The van der Waals surface area contributed by atoms with Crippen LogP contribution in [0.1, 0.15) is 0 Å². The predicted molar refractivity (Wildman–Crippen MR) is 42.4 cm³/mol. The molecule has 0 rings (SSSR count). The summed E-state index contributed by atoms with van der Waals surface area (Å²) in [6, 6.07) is 0. The third-order valence-electron chi connectivity index (χ3n) is 0.690. The second-order valence-electron chi connectivity index (χ2n) is 2.03. The van der Waals surface area contributed by atoms with Gasteiger partial charge in [-0.3, -0.25) is 0 Å². The third kappa shape index (κ3) is 6.02. The molecule has 1 nitrogen and oxygen atoms in total. The Kier molecular flexibility index (Phi) is 5.66. The fourth-order valence-electron chi connectivity index (χ4n) is 0.243. The molecule has 0 bridgehead atoms. The van der Waals surface area contributed by atoms with Gasteiger partial charge in [0.05, 0.1) is 0 Å². The molecule has 0 spiro atoms. The molecule has 0 saturated carbocycles. The Labute approximate surface area is 84.3 Å². The Hall–Kier alpha value is 1.28. The molecule has 0 fully saturated rings. The number of alkyl halides is 4. The van der Waals surface area contributed by atoms with Gasteiger partial charge in [-0.25, -0.2) is 0 Å². The van der Waals surface area contributed by atoms with E-state index in [4.69, 9.17) is 0 Å². The molecule has 0 saturated heterocycles. The zero-order valence-corrected chi connectivity index (χ0v) is 10.2. The molecule has 0 heterocycles. The van der Waals surface area contributed by atoms with E-state index in [1.165, 1.54) is 22.6 Å². The van der Waals surface area contributed by atoms with E-state index in [9.17, 15) is 8.78 Å². The first-order chi connectivity index (χ1) is 4.48. The van der Waals surface area contributed by atoms with Gasteiger partial charge in [-0.15, -0.1) is 0 Å². The summed E-state index contributed by atoms with van der Waals surface area (Å²) in [6.45, 7) is -0.874. The summed E-state index contributed by atoms with van der Waals surface area (Å²) < 4.78 is 25.3. The maximum absolute atomic E-state index is 12.8. The zero-order chi connectivity index (χ0) is 8.20. The molecule has 0 aliphatic heterocycles. The summed E-state index contributed by atoms with van der Waals surface area (Å²) in [5.74, 6) is 0. The molecule has 0 aromatic heterocycles. The molecule has 0 aromatic carbocycles. The van der Waals surface area contributed by atoms with Crippen LogP contribution in [0.3, 0.4) is 0 Å². The Bertz CT molecular complexity index is 97.6. The predicted octanol–water partition coefficient (Wildman–Crippen LogP) is -1.38. The first-order valence-corrected chi connectivity index (χ1v) is 6.25. The van der Waals surface area contributed by atoms with Gasteiger partial charge in [0.1, 0.15) is 0 Å². The van der Waals surface area contributed by atoms with Crippen LogP contribution in [0.2, 0.25) is 0 Å². The Morgan fingerprint density at radius 3 is 2.40 bits per heavy atom. The van der Waals surface area contributed by atoms with E-state index in [-0.39, 0.29) is 21.5 Å². The van der Waals surface area contributed by atoms with Gasteiger partial charge >= 0.3 is 84.8 Å². The zero-order valence-electron chi connectivity index (χ0n) is 5.87. The molecular weight excluding hydrogens is 366 g/mol. The van der Waals surface area contributed by atoms with Gasteiger partial charge in [0, 0.05) is 0 Å². The van der Waals surface area contributed by atoms with Crippen LogP contribution >= 0.6 is 22.6 Å². The molecular formula is C5H10F2I2N-. The molecule has 0 aliphatic rings. The number of hydrogen-bond donors (Lipinski definition) is 0. The van der Waals surface area contributed by atoms with E-state index in [0.717, 1.165) is 0 Å². The molecule has 5 heteroatoms. The Balaban J connectivity index is 3.46. The van der Waals surface area contributed by atoms with Gasteiger partial charge in [0.15, 0.2) is 0 Å². The van der Waals surface area contributed by atoms with E-state index in [1.54, 1.807) is 0 Å². The number of halogens is 4. The summed E-state index contributed by atoms with van der Waals surface area (Å²) in [4.78, 5) is 0. The van der Waals surface area contributed by atoms with Gasteiger partial charge in [-0.2, -0.15) is 0 Å². The monoisotopic (exact) mass is 376 g/mol. The second-order valence-corrected chi connectivity index (χ2v) is 7.34. The van der Waals surface area contributed by atoms with E-state index in [1.807, 2.05) is 17.2 Å². The van der Waals surface area contributed by atoms with E-state index >= 15 is 0 Å². The van der Waals surface area contributed by atoms with Crippen LogP contribution in [-0.2, 0) is 0 Å². The third-order valence-corrected chi connectivity index (χ3v) is 5.73. The molecule has 0 radical (unpaired) electrons. The van der Waals surface area contributed by atoms with Crippen LogP contribution in [0.15, 0.2) is 0 Å². The second kappa shape index (κ2) is 5.02. The summed E-state index contributed by atoms with van der Waals surface area (Å²) in [5.41, 5.74) is 0. The van der Waals surface area contributed by atoms with Crippen molar-refractivity contribution < 1.29 is 30.3 Å². The van der Waals surface area contributed by atoms with E-state index < -0.39 is 10.4 Å². The average Bonchev–Trinajstić information content (AvgIpc) is 1.85. The van der Waals surface area contributed by atoms with Crippen LogP contribution in [0.5, 0.6) is 0 Å². The van der Waals surface area contributed by atoms with Crippen molar-refractivity contribution in [3.8, 4) is 0 Å². The summed E-state index contributed by atoms with van der Waals surface area (Å²) in [5, 5.41) is 0. The van der Waals surface area contributed by atoms with Crippen LogP contribution in [-0.4, -0.2) is 32.0 Å². The van der Waals surface area contributed by atoms with Crippen molar-refractivity contribution in [2.24, 2.45) is 0 Å². The Morgan fingerprint density at radius 2 is 2.10 bits per heavy atom. The van der Waals surface area contributed by atoms with E-state index in [2.05, 4.69) is 0 Å². The number of hydrogen-bond acceptors (Lipinski definition) is 1. The van der Waals surface area contributed by atoms with Gasteiger partial charge in [-0.05, 0) is 0 Å². The fraction of sp³-hybridized carbons (Fsp3) is 1.00. The summed E-state index contributed by atoms with van der Waals surface area (Å²) >= 11 is 1.21. The molecule has 0 aliphatic carbocycles. The van der Waals surface area contributed by atoms with Gasteiger partial charge in [-0.1, -0.05) is 0 Å². The van der Waals surface area contributed by atoms with Crippen molar-refractivity contribution >= 4 is 22.6 Å². The Morgan fingerprint density at radius 1 is 1.60 bits per heavy atom. The fourth-order valence-corrected chi connectivity index (χ4v) is 2.49. The standard InChI is InChI=1S/C5H10F2I2N/c1-10(2)9-4-5(7,8)3-6/h3-4H2,1-2H3/q-1. The van der Waals surface area contributed by atoms with E-state index in [0.29, 0.717) is 4.43 Å². The minimum atomic E-state index is -1.62. The van der Waals surface area contributed by atoms with Crippen molar-refractivity contribution in [3.05, 3.63) is 0 Å². The molecule has 0 aromatic rings. The van der Waals surface area contributed by atoms with Crippen LogP contribution in [0, 0.1) is 0 Å². The molecule has 1 unspecified atom stereocenters. The normalized spacial score (nSPS) is 17.8. The SMILES string of the molecule is CN(C)[I-]CC(F)(I)CF. The van der Waals surface area contributed by atoms with Crippen LogP contribution in [0.25, 0.3) is 0 Å².